The van der Waals surface area contributed by atoms with Gasteiger partial charge in [0.15, 0.2) is 11.5 Å². The molecule has 0 spiro atoms. The molecule has 1 aromatic heterocycles. The van der Waals surface area contributed by atoms with Crippen molar-refractivity contribution < 1.29 is 19.4 Å². The van der Waals surface area contributed by atoms with Crippen LogP contribution < -0.4 is 14.9 Å². The Morgan fingerprint density at radius 3 is 2.58 bits per heavy atom. The molecule has 2 N–H and O–H groups in total. The van der Waals surface area contributed by atoms with Crippen molar-refractivity contribution in [2.24, 2.45) is 5.10 Å². The van der Waals surface area contributed by atoms with Gasteiger partial charge in [-0.1, -0.05) is 30.3 Å². The zero-order valence-electron chi connectivity index (χ0n) is 17.5. The lowest BCUT2D eigenvalue weighted by molar-refractivity contribution is 0.0952. The van der Waals surface area contributed by atoms with E-state index in [1.807, 2.05) is 54.7 Å². The number of para-hydroxylation sites is 2. The standard InChI is InChI=1S/C25H20N4O4/c30-21-9-5-4-8-20(21)25(31)27-26-15-18-16-29(19-6-2-1-3-7-19)28-24(18)17-10-11-22-23(14-17)33-13-12-32-22/h1-11,14-16,30H,12-13H2,(H,27,31). The number of carbonyl (C=O) groups is 1. The van der Waals surface area contributed by atoms with Crippen LogP contribution in [0.3, 0.4) is 0 Å². The maximum absolute atomic E-state index is 12.4. The van der Waals surface area contributed by atoms with E-state index in [-0.39, 0.29) is 11.3 Å². The molecule has 0 fully saturated rings. The number of hydrazone groups is 1. The van der Waals surface area contributed by atoms with E-state index < -0.39 is 5.91 Å². The summed E-state index contributed by atoms with van der Waals surface area (Å²) >= 11 is 0. The number of nitrogens with zero attached hydrogens (tertiary/aromatic N) is 3. The number of amides is 1. The average Bonchev–Trinajstić information content (AvgIpc) is 3.28. The molecule has 1 amide bonds. The molecule has 0 saturated carbocycles. The third-order valence-electron chi connectivity index (χ3n) is 5.10. The average molecular weight is 440 g/mol. The second-order valence-corrected chi connectivity index (χ2v) is 7.29. The molecule has 2 heterocycles. The van der Waals surface area contributed by atoms with Crippen LogP contribution >= 0.6 is 0 Å². The summed E-state index contributed by atoms with van der Waals surface area (Å²) in [4.78, 5) is 12.4. The zero-order chi connectivity index (χ0) is 22.6. The number of phenols is 1. The van der Waals surface area contributed by atoms with Crippen LogP contribution in [0.15, 0.2) is 84.1 Å². The van der Waals surface area contributed by atoms with Crippen LogP contribution in [0.25, 0.3) is 16.9 Å². The predicted octanol–water partition coefficient (Wildman–Crippen LogP) is 3.78. The Morgan fingerprint density at radius 1 is 1.00 bits per heavy atom. The highest BCUT2D eigenvalue weighted by molar-refractivity contribution is 5.97. The molecule has 1 aliphatic heterocycles. The first-order valence-corrected chi connectivity index (χ1v) is 10.4. The molecule has 1 aliphatic rings. The molecule has 0 saturated heterocycles. The number of aromatic nitrogens is 2. The van der Waals surface area contributed by atoms with Crippen LogP contribution in [0.2, 0.25) is 0 Å². The molecule has 0 aliphatic carbocycles. The molecule has 4 aromatic rings. The van der Waals surface area contributed by atoms with E-state index in [1.165, 1.54) is 18.3 Å². The number of phenolic OH excluding ortho intramolecular Hbond substituents is 1. The van der Waals surface area contributed by atoms with Crippen molar-refractivity contribution in [3.05, 3.63) is 90.1 Å². The third-order valence-corrected chi connectivity index (χ3v) is 5.10. The third kappa shape index (κ3) is 4.27. The minimum absolute atomic E-state index is 0.112. The molecule has 5 rings (SSSR count). The highest BCUT2D eigenvalue weighted by atomic mass is 16.6. The number of benzene rings is 3. The van der Waals surface area contributed by atoms with Gasteiger partial charge in [0.05, 0.1) is 17.5 Å². The molecule has 0 radical (unpaired) electrons. The number of fused-ring (bicyclic) bond motifs is 1. The second-order valence-electron chi connectivity index (χ2n) is 7.29. The number of rotatable bonds is 5. The Labute approximate surface area is 189 Å². The molecule has 0 bridgehead atoms. The number of ether oxygens (including phenoxy) is 2. The van der Waals surface area contributed by atoms with Gasteiger partial charge in [0.1, 0.15) is 24.7 Å². The van der Waals surface area contributed by atoms with E-state index in [9.17, 15) is 9.90 Å². The maximum Gasteiger partial charge on any atom is 0.275 e. The number of hydrogen-bond donors (Lipinski definition) is 2. The van der Waals surface area contributed by atoms with Gasteiger partial charge in [-0.15, -0.1) is 0 Å². The maximum atomic E-state index is 12.4. The summed E-state index contributed by atoms with van der Waals surface area (Å²) in [6.07, 6.45) is 3.35. The van der Waals surface area contributed by atoms with Gasteiger partial charge in [-0.05, 0) is 42.5 Å². The van der Waals surface area contributed by atoms with Gasteiger partial charge in [-0.2, -0.15) is 10.2 Å². The largest absolute Gasteiger partial charge is 0.507 e. The minimum Gasteiger partial charge on any atom is -0.507 e. The van der Waals surface area contributed by atoms with E-state index in [4.69, 9.17) is 14.6 Å². The fraction of sp³-hybridized carbons (Fsp3) is 0.0800. The van der Waals surface area contributed by atoms with Crippen molar-refractivity contribution in [2.75, 3.05) is 13.2 Å². The Morgan fingerprint density at radius 2 is 1.76 bits per heavy atom. The molecule has 8 heteroatoms. The summed E-state index contributed by atoms with van der Waals surface area (Å²) < 4.78 is 13.1. The van der Waals surface area contributed by atoms with Crippen LogP contribution in [0.5, 0.6) is 17.2 Å². The summed E-state index contributed by atoms with van der Waals surface area (Å²) in [7, 11) is 0. The monoisotopic (exact) mass is 440 g/mol. The van der Waals surface area contributed by atoms with Crippen LogP contribution in [-0.4, -0.2) is 40.2 Å². The van der Waals surface area contributed by atoms with Crippen molar-refractivity contribution in [3.8, 4) is 34.2 Å². The quantitative estimate of drug-likeness (QED) is 0.364. The van der Waals surface area contributed by atoms with Gasteiger partial charge in [0.2, 0.25) is 0 Å². The molecular weight excluding hydrogens is 420 g/mol. The van der Waals surface area contributed by atoms with Crippen molar-refractivity contribution in [3.63, 3.8) is 0 Å². The fourth-order valence-corrected chi connectivity index (χ4v) is 3.50. The van der Waals surface area contributed by atoms with Crippen molar-refractivity contribution in [1.29, 1.82) is 0 Å². The van der Waals surface area contributed by atoms with E-state index in [0.29, 0.717) is 36.0 Å². The summed E-state index contributed by atoms with van der Waals surface area (Å²) in [5.41, 5.74) is 5.65. The van der Waals surface area contributed by atoms with Crippen molar-refractivity contribution in [2.45, 2.75) is 0 Å². The molecule has 0 unspecified atom stereocenters. The Bertz CT molecular complexity index is 1330. The van der Waals surface area contributed by atoms with Crippen LogP contribution in [0, 0.1) is 0 Å². The second kappa shape index (κ2) is 8.88. The molecular formula is C25H20N4O4. The highest BCUT2D eigenvalue weighted by Gasteiger charge is 2.17. The van der Waals surface area contributed by atoms with Crippen LogP contribution in [-0.2, 0) is 0 Å². The van der Waals surface area contributed by atoms with Gasteiger partial charge >= 0.3 is 0 Å². The lowest BCUT2D eigenvalue weighted by atomic mass is 10.1. The molecule has 3 aromatic carbocycles. The van der Waals surface area contributed by atoms with Gasteiger partial charge in [-0.25, -0.2) is 10.1 Å². The lowest BCUT2D eigenvalue weighted by Crippen LogP contribution is -2.17. The molecule has 164 valence electrons. The van der Waals surface area contributed by atoms with Crippen LogP contribution in [0.1, 0.15) is 15.9 Å². The van der Waals surface area contributed by atoms with E-state index in [2.05, 4.69) is 10.5 Å². The Hall–Kier alpha value is -4.59. The summed E-state index contributed by atoms with van der Waals surface area (Å²) in [5, 5.41) is 18.7. The fourth-order valence-electron chi connectivity index (χ4n) is 3.50. The van der Waals surface area contributed by atoms with Gasteiger partial charge in [-0.3, -0.25) is 4.79 Å². The summed E-state index contributed by atoms with van der Waals surface area (Å²) in [5.74, 6) is 0.723. The summed E-state index contributed by atoms with van der Waals surface area (Å²) in [6, 6.07) is 21.6. The summed E-state index contributed by atoms with van der Waals surface area (Å²) in [6.45, 7) is 1.01. The molecule has 0 atom stereocenters. The van der Waals surface area contributed by atoms with E-state index in [1.54, 1.807) is 16.8 Å². The van der Waals surface area contributed by atoms with Gasteiger partial charge in [0, 0.05) is 17.3 Å². The number of hydrogen-bond acceptors (Lipinski definition) is 6. The topological polar surface area (TPSA) is 98.0 Å². The van der Waals surface area contributed by atoms with Crippen LogP contribution in [0.4, 0.5) is 0 Å². The first kappa shape index (κ1) is 20.3. The first-order valence-electron chi connectivity index (χ1n) is 10.4. The lowest BCUT2D eigenvalue weighted by Gasteiger charge is -2.18. The first-order chi connectivity index (χ1) is 16.2. The smallest absolute Gasteiger partial charge is 0.275 e. The van der Waals surface area contributed by atoms with Gasteiger partial charge in [0.25, 0.3) is 5.91 Å². The predicted molar refractivity (Wildman–Crippen MR) is 123 cm³/mol. The Balaban J connectivity index is 1.48. The number of nitrogens with one attached hydrogen (secondary N) is 1. The van der Waals surface area contributed by atoms with Crippen molar-refractivity contribution >= 4 is 12.1 Å². The molecule has 8 nitrogen and oxygen atoms in total. The highest BCUT2D eigenvalue weighted by Crippen LogP contribution is 2.35. The SMILES string of the molecule is O=C(NN=Cc1cn(-c2ccccc2)nc1-c1ccc2c(c1)OCCO2)c1ccccc1O. The van der Waals surface area contributed by atoms with E-state index in [0.717, 1.165) is 11.3 Å². The van der Waals surface area contributed by atoms with Crippen molar-refractivity contribution in [1.82, 2.24) is 15.2 Å². The minimum atomic E-state index is -0.513. The van der Waals surface area contributed by atoms with Gasteiger partial charge < -0.3 is 14.6 Å². The number of aromatic hydroxyl groups is 1. The Kier molecular flexibility index (Phi) is 5.47. The normalized spacial score (nSPS) is 12.6. The molecule has 33 heavy (non-hydrogen) atoms. The van der Waals surface area contributed by atoms with E-state index >= 15 is 0 Å². The number of carbonyl (C=O) groups excluding carboxylic acids is 1. The zero-order valence-corrected chi connectivity index (χ0v) is 17.5.